The SMILES string of the molecule is CCC(=O)N(Cc1ccc(OC)cc1)[C@H](C)C(=O)NC[C@@H]1CCCO1. The minimum absolute atomic E-state index is 0.0458. The van der Waals surface area contributed by atoms with Crippen LogP contribution >= 0.6 is 0 Å². The molecule has 0 spiro atoms. The highest BCUT2D eigenvalue weighted by atomic mass is 16.5. The fourth-order valence-corrected chi connectivity index (χ4v) is 2.88. The third kappa shape index (κ3) is 5.46. The first-order valence-electron chi connectivity index (χ1n) is 8.86. The molecule has 6 heteroatoms. The van der Waals surface area contributed by atoms with E-state index in [2.05, 4.69) is 5.32 Å². The van der Waals surface area contributed by atoms with Gasteiger partial charge in [-0.2, -0.15) is 0 Å². The third-order valence-electron chi connectivity index (χ3n) is 4.51. The molecule has 2 atom stereocenters. The Morgan fingerprint density at radius 2 is 2.08 bits per heavy atom. The molecule has 1 N–H and O–H groups in total. The van der Waals surface area contributed by atoms with Crippen molar-refractivity contribution in [2.45, 2.75) is 51.8 Å². The van der Waals surface area contributed by atoms with Gasteiger partial charge in [-0.25, -0.2) is 0 Å². The molecule has 0 radical (unpaired) electrons. The number of ether oxygens (including phenoxy) is 2. The lowest BCUT2D eigenvalue weighted by molar-refractivity contribution is -0.140. The summed E-state index contributed by atoms with van der Waals surface area (Å²) >= 11 is 0. The Hall–Kier alpha value is -2.08. The number of benzene rings is 1. The van der Waals surface area contributed by atoms with E-state index in [1.54, 1.807) is 25.9 Å². The molecule has 6 nitrogen and oxygen atoms in total. The summed E-state index contributed by atoms with van der Waals surface area (Å²) in [5, 5.41) is 2.91. The quantitative estimate of drug-likeness (QED) is 0.781. The molecule has 25 heavy (non-hydrogen) atoms. The normalized spacial score (nSPS) is 17.8. The predicted molar refractivity (Wildman–Crippen MR) is 95.3 cm³/mol. The molecule has 1 fully saturated rings. The molecule has 1 aliphatic heterocycles. The number of rotatable bonds is 8. The van der Waals surface area contributed by atoms with Gasteiger partial charge in [-0.1, -0.05) is 19.1 Å². The van der Waals surface area contributed by atoms with E-state index in [4.69, 9.17) is 9.47 Å². The highest BCUT2D eigenvalue weighted by Crippen LogP contribution is 2.16. The fraction of sp³-hybridized carbons (Fsp3) is 0.579. The van der Waals surface area contributed by atoms with Crippen LogP contribution in [-0.4, -0.2) is 49.1 Å². The van der Waals surface area contributed by atoms with Crippen molar-refractivity contribution in [3.05, 3.63) is 29.8 Å². The minimum atomic E-state index is -0.532. The predicted octanol–water partition coefficient (Wildman–Crippen LogP) is 2.12. The Bertz CT molecular complexity index is 567. The number of hydrogen-bond donors (Lipinski definition) is 1. The van der Waals surface area contributed by atoms with Gasteiger partial charge in [0, 0.05) is 26.1 Å². The van der Waals surface area contributed by atoms with Crippen molar-refractivity contribution in [2.75, 3.05) is 20.3 Å². The first-order chi connectivity index (χ1) is 12.0. The van der Waals surface area contributed by atoms with Crippen molar-refractivity contribution in [3.63, 3.8) is 0 Å². The zero-order valence-electron chi connectivity index (χ0n) is 15.3. The third-order valence-corrected chi connectivity index (χ3v) is 4.51. The molecule has 2 rings (SSSR count). The molecular weight excluding hydrogens is 320 g/mol. The van der Waals surface area contributed by atoms with E-state index in [1.807, 2.05) is 24.3 Å². The van der Waals surface area contributed by atoms with Gasteiger partial charge in [-0.15, -0.1) is 0 Å². The van der Waals surface area contributed by atoms with E-state index in [-0.39, 0.29) is 17.9 Å². The summed E-state index contributed by atoms with van der Waals surface area (Å²) in [5.41, 5.74) is 0.960. The second-order valence-electron chi connectivity index (χ2n) is 6.28. The van der Waals surface area contributed by atoms with E-state index < -0.39 is 6.04 Å². The van der Waals surface area contributed by atoms with Crippen LogP contribution in [0.15, 0.2) is 24.3 Å². The second-order valence-corrected chi connectivity index (χ2v) is 6.28. The van der Waals surface area contributed by atoms with Gasteiger partial charge in [0.1, 0.15) is 11.8 Å². The number of carbonyl (C=O) groups excluding carboxylic acids is 2. The van der Waals surface area contributed by atoms with E-state index in [0.29, 0.717) is 19.5 Å². The molecule has 2 amide bonds. The van der Waals surface area contributed by atoms with Crippen molar-refractivity contribution in [2.24, 2.45) is 0 Å². The topological polar surface area (TPSA) is 67.9 Å². The molecule has 1 aromatic rings. The Kier molecular flexibility index (Phi) is 7.25. The number of amides is 2. The molecule has 1 aliphatic rings. The Morgan fingerprint density at radius 1 is 1.36 bits per heavy atom. The van der Waals surface area contributed by atoms with Crippen molar-refractivity contribution in [3.8, 4) is 5.75 Å². The zero-order valence-corrected chi connectivity index (χ0v) is 15.3. The van der Waals surface area contributed by atoms with Crippen LogP contribution in [0.1, 0.15) is 38.7 Å². The summed E-state index contributed by atoms with van der Waals surface area (Å²) in [4.78, 5) is 26.4. The van der Waals surface area contributed by atoms with Crippen molar-refractivity contribution >= 4 is 11.8 Å². The van der Waals surface area contributed by atoms with Gasteiger partial charge in [-0.05, 0) is 37.5 Å². The van der Waals surface area contributed by atoms with Gasteiger partial charge in [0.05, 0.1) is 13.2 Å². The molecule has 0 aliphatic carbocycles. The molecule has 1 saturated heterocycles. The lowest BCUT2D eigenvalue weighted by atomic mass is 10.1. The van der Waals surface area contributed by atoms with Gasteiger partial charge < -0.3 is 19.7 Å². The average Bonchev–Trinajstić information content (AvgIpc) is 3.17. The fourth-order valence-electron chi connectivity index (χ4n) is 2.88. The standard InChI is InChI=1S/C19H28N2O4/c1-4-18(22)21(13-15-7-9-16(24-3)10-8-15)14(2)19(23)20-12-17-6-5-11-25-17/h7-10,14,17H,4-6,11-13H2,1-3H3,(H,20,23)/t14-,17+/m1/s1. The van der Waals surface area contributed by atoms with E-state index in [9.17, 15) is 9.59 Å². The van der Waals surface area contributed by atoms with Crippen LogP contribution in [0.5, 0.6) is 5.75 Å². The molecular formula is C19H28N2O4. The average molecular weight is 348 g/mol. The van der Waals surface area contributed by atoms with Crippen molar-refractivity contribution < 1.29 is 19.1 Å². The second kappa shape index (κ2) is 9.42. The maximum atomic E-state index is 12.5. The lowest BCUT2D eigenvalue weighted by Crippen LogP contribution is -2.48. The van der Waals surface area contributed by atoms with Gasteiger partial charge in [0.15, 0.2) is 0 Å². The van der Waals surface area contributed by atoms with Gasteiger partial charge in [-0.3, -0.25) is 9.59 Å². The van der Waals surface area contributed by atoms with Crippen LogP contribution in [0.25, 0.3) is 0 Å². The summed E-state index contributed by atoms with van der Waals surface area (Å²) in [6.07, 6.45) is 2.46. The molecule has 0 aromatic heterocycles. The summed E-state index contributed by atoms with van der Waals surface area (Å²) in [6.45, 7) is 5.22. The van der Waals surface area contributed by atoms with E-state index >= 15 is 0 Å². The van der Waals surface area contributed by atoms with Crippen LogP contribution in [0.4, 0.5) is 0 Å². The first kappa shape index (κ1) is 19.2. The van der Waals surface area contributed by atoms with Gasteiger partial charge >= 0.3 is 0 Å². The molecule has 0 unspecified atom stereocenters. The molecule has 0 saturated carbocycles. The molecule has 1 aromatic carbocycles. The lowest BCUT2D eigenvalue weighted by Gasteiger charge is -2.28. The van der Waals surface area contributed by atoms with Crippen molar-refractivity contribution in [1.29, 1.82) is 0 Å². The first-order valence-corrected chi connectivity index (χ1v) is 8.86. The van der Waals surface area contributed by atoms with Crippen LogP contribution in [-0.2, 0) is 20.9 Å². The Balaban J connectivity index is 1.98. The van der Waals surface area contributed by atoms with Gasteiger partial charge in [0.2, 0.25) is 11.8 Å². The van der Waals surface area contributed by atoms with Gasteiger partial charge in [0.25, 0.3) is 0 Å². The summed E-state index contributed by atoms with van der Waals surface area (Å²) in [6, 6.07) is 6.99. The summed E-state index contributed by atoms with van der Waals surface area (Å²) < 4.78 is 10.7. The summed E-state index contributed by atoms with van der Waals surface area (Å²) in [5.74, 6) is 0.570. The highest BCUT2D eigenvalue weighted by molar-refractivity contribution is 5.87. The Labute approximate surface area is 149 Å². The largest absolute Gasteiger partial charge is 0.497 e. The number of methoxy groups -OCH3 is 1. The van der Waals surface area contributed by atoms with E-state index in [0.717, 1.165) is 30.8 Å². The zero-order chi connectivity index (χ0) is 18.2. The number of nitrogens with zero attached hydrogens (tertiary/aromatic N) is 1. The number of nitrogens with one attached hydrogen (secondary N) is 1. The van der Waals surface area contributed by atoms with Crippen LogP contribution < -0.4 is 10.1 Å². The van der Waals surface area contributed by atoms with E-state index in [1.165, 1.54) is 0 Å². The molecule has 138 valence electrons. The van der Waals surface area contributed by atoms with Crippen molar-refractivity contribution in [1.82, 2.24) is 10.2 Å². The molecule has 0 bridgehead atoms. The van der Waals surface area contributed by atoms with Crippen LogP contribution in [0.3, 0.4) is 0 Å². The number of hydrogen-bond acceptors (Lipinski definition) is 4. The maximum Gasteiger partial charge on any atom is 0.242 e. The monoisotopic (exact) mass is 348 g/mol. The van der Waals surface area contributed by atoms with Crippen LogP contribution in [0.2, 0.25) is 0 Å². The van der Waals surface area contributed by atoms with Crippen LogP contribution in [0, 0.1) is 0 Å². The number of carbonyl (C=O) groups is 2. The molecule has 1 heterocycles. The Morgan fingerprint density at radius 3 is 2.64 bits per heavy atom. The minimum Gasteiger partial charge on any atom is -0.497 e. The smallest absolute Gasteiger partial charge is 0.242 e. The summed E-state index contributed by atoms with van der Waals surface area (Å²) in [7, 11) is 1.61. The maximum absolute atomic E-state index is 12.5. The highest BCUT2D eigenvalue weighted by Gasteiger charge is 2.26.